The van der Waals surface area contributed by atoms with Crippen molar-refractivity contribution >= 4 is 16.9 Å². The number of carbonyl (C=O) groups excluding carboxylic acids is 1. The summed E-state index contributed by atoms with van der Waals surface area (Å²) in [6, 6.07) is 7.18. The third-order valence-corrected chi connectivity index (χ3v) is 2.86. The molecule has 5 nitrogen and oxygen atoms in total. The summed E-state index contributed by atoms with van der Waals surface area (Å²) in [6.07, 6.45) is 1.25. The number of ether oxygens (including phenoxy) is 2. The third kappa shape index (κ3) is 7.61. The van der Waals surface area contributed by atoms with Crippen LogP contribution in [0.2, 0.25) is 0 Å². The Morgan fingerprint density at radius 2 is 1.76 bits per heavy atom. The first kappa shape index (κ1) is 23.0. The SMILES string of the molecule is CC.CCC.CCOC(=O)c1cc2cc(OC(C)(C)CO)ccc2[nH]1. The number of aliphatic hydroxyl groups is 1. The molecule has 0 bridgehead atoms. The Balaban J connectivity index is 0.00000104. The molecule has 0 aliphatic heterocycles. The fourth-order valence-electron chi connectivity index (χ4n) is 1.84. The van der Waals surface area contributed by atoms with E-state index in [4.69, 9.17) is 9.47 Å². The summed E-state index contributed by atoms with van der Waals surface area (Å²) in [5, 5.41) is 10.1. The van der Waals surface area contributed by atoms with Crippen LogP contribution in [0.25, 0.3) is 10.9 Å². The zero-order valence-electron chi connectivity index (χ0n) is 16.6. The Morgan fingerprint density at radius 3 is 2.28 bits per heavy atom. The first-order valence-corrected chi connectivity index (χ1v) is 8.96. The minimum atomic E-state index is -0.645. The molecule has 5 heteroatoms. The first-order valence-electron chi connectivity index (χ1n) is 8.96. The number of aromatic nitrogens is 1. The van der Waals surface area contributed by atoms with E-state index in [0.29, 0.717) is 18.1 Å². The Bertz CT molecular complexity index is 632. The van der Waals surface area contributed by atoms with E-state index in [0.717, 1.165) is 10.9 Å². The second kappa shape index (κ2) is 11.5. The number of benzene rings is 1. The van der Waals surface area contributed by atoms with Crippen LogP contribution in [0.1, 0.15) is 65.4 Å². The van der Waals surface area contributed by atoms with Crippen molar-refractivity contribution in [3.8, 4) is 5.75 Å². The number of hydrogen-bond donors (Lipinski definition) is 2. The molecule has 2 aromatic rings. The Kier molecular flexibility index (Phi) is 10.6. The number of fused-ring (bicyclic) bond motifs is 1. The molecule has 25 heavy (non-hydrogen) atoms. The van der Waals surface area contributed by atoms with E-state index in [9.17, 15) is 9.90 Å². The first-order chi connectivity index (χ1) is 11.9. The van der Waals surface area contributed by atoms with Gasteiger partial charge < -0.3 is 19.6 Å². The summed E-state index contributed by atoms with van der Waals surface area (Å²) in [4.78, 5) is 14.7. The van der Waals surface area contributed by atoms with Crippen molar-refractivity contribution in [2.45, 2.75) is 60.5 Å². The van der Waals surface area contributed by atoms with Gasteiger partial charge in [0.05, 0.1) is 13.2 Å². The molecule has 0 saturated carbocycles. The van der Waals surface area contributed by atoms with Gasteiger partial charge >= 0.3 is 5.97 Å². The van der Waals surface area contributed by atoms with Gasteiger partial charge in [-0.3, -0.25) is 0 Å². The van der Waals surface area contributed by atoms with Gasteiger partial charge in [-0.05, 0) is 45.0 Å². The zero-order chi connectivity index (χ0) is 19.5. The molecule has 1 aromatic heterocycles. The molecule has 0 spiro atoms. The van der Waals surface area contributed by atoms with Crippen LogP contribution in [0.15, 0.2) is 24.3 Å². The lowest BCUT2D eigenvalue weighted by molar-refractivity contribution is 0.0414. The topological polar surface area (TPSA) is 71.6 Å². The van der Waals surface area contributed by atoms with Crippen molar-refractivity contribution in [2.24, 2.45) is 0 Å². The van der Waals surface area contributed by atoms with Crippen LogP contribution in [0.4, 0.5) is 0 Å². The van der Waals surface area contributed by atoms with Gasteiger partial charge in [0.2, 0.25) is 0 Å². The molecular weight excluding hydrogens is 318 g/mol. The standard InChI is InChI=1S/C15H19NO4.C3H8.C2H6/c1-4-19-14(18)13-8-10-7-11(5-6-12(10)16-13)20-15(2,3)9-17;1-3-2;1-2/h5-8,16-17H,4,9H2,1-3H3;3H2,1-2H3;1-2H3. The lowest BCUT2D eigenvalue weighted by Crippen LogP contribution is -2.32. The molecule has 0 fully saturated rings. The van der Waals surface area contributed by atoms with Crippen molar-refractivity contribution in [3.63, 3.8) is 0 Å². The summed E-state index contributed by atoms with van der Waals surface area (Å²) in [6.45, 7) is 13.9. The van der Waals surface area contributed by atoms with Gasteiger partial charge in [-0.1, -0.05) is 34.1 Å². The molecule has 0 radical (unpaired) electrons. The predicted octanol–water partition coefficient (Wildman–Crippen LogP) is 4.94. The minimum absolute atomic E-state index is 0.0771. The molecule has 0 atom stereocenters. The lowest BCUT2D eigenvalue weighted by Gasteiger charge is -2.23. The van der Waals surface area contributed by atoms with E-state index < -0.39 is 5.60 Å². The van der Waals surface area contributed by atoms with Crippen LogP contribution in [-0.2, 0) is 4.74 Å². The molecule has 0 unspecified atom stereocenters. The van der Waals surface area contributed by atoms with Crippen molar-refractivity contribution in [2.75, 3.05) is 13.2 Å². The molecule has 2 N–H and O–H groups in total. The smallest absolute Gasteiger partial charge is 0.354 e. The number of rotatable bonds is 5. The minimum Gasteiger partial charge on any atom is -0.485 e. The maximum Gasteiger partial charge on any atom is 0.354 e. The lowest BCUT2D eigenvalue weighted by atomic mass is 10.1. The van der Waals surface area contributed by atoms with Gasteiger partial charge in [0.25, 0.3) is 0 Å². The monoisotopic (exact) mass is 351 g/mol. The quantitative estimate of drug-likeness (QED) is 0.749. The normalized spacial score (nSPS) is 10.2. The molecular formula is C20H33NO4. The summed E-state index contributed by atoms with van der Waals surface area (Å²) in [7, 11) is 0. The van der Waals surface area contributed by atoms with Crippen molar-refractivity contribution in [1.82, 2.24) is 4.98 Å². The van der Waals surface area contributed by atoms with Gasteiger partial charge in [0.1, 0.15) is 17.0 Å². The van der Waals surface area contributed by atoms with E-state index in [1.54, 1.807) is 32.9 Å². The zero-order valence-corrected chi connectivity index (χ0v) is 16.6. The number of hydrogen-bond acceptors (Lipinski definition) is 4. The van der Waals surface area contributed by atoms with Crippen LogP contribution >= 0.6 is 0 Å². The number of carbonyl (C=O) groups is 1. The number of aliphatic hydroxyl groups excluding tert-OH is 1. The summed E-state index contributed by atoms with van der Waals surface area (Å²) in [5.74, 6) is 0.271. The number of aromatic amines is 1. The van der Waals surface area contributed by atoms with E-state index in [1.165, 1.54) is 6.42 Å². The van der Waals surface area contributed by atoms with Crippen LogP contribution < -0.4 is 4.74 Å². The highest BCUT2D eigenvalue weighted by Crippen LogP contribution is 2.25. The van der Waals surface area contributed by atoms with Gasteiger partial charge in [-0.15, -0.1) is 0 Å². The molecule has 142 valence electrons. The molecule has 1 heterocycles. The van der Waals surface area contributed by atoms with Crippen molar-refractivity contribution in [3.05, 3.63) is 30.0 Å². The second-order valence-corrected chi connectivity index (χ2v) is 5.88. The number of esters is 1. The average Bonchev–Trinajstić information content (AvgIpc) is 3.01. The second-order valence-electron chi connectivity index (χ2n) is 5.88. The maximum atomic E-state index is 11.7. The fraction of sp³-hybridized carbons (Fsp3) is 0.550. The largest absolute Gasteiger partial charge is 0.485 e. The van der Waals surface area contributed by atoms with E-state index in [-0.39, 0.29) is 12.6 Å². The molecule has 1 aromatic carbocycles. The predicted molar refractivity (Wildman–Crippen MR) is 103 cm³/mol. The van der Waals surface area contributed by atoms with Crippen molar-refractivity contribution in [1.29, 1.82) is 0 Å². The van der Waals surface area contributed by atoms with Gasteiger partial charge in [-0.25, -0.2) is 4.79 Å². The molecule has 0 aliphatic rings. The Labute approximate surface area is 151 Å². The molecule has 0 aliphatic carbocycles. The molecule has 2 rings (SSSR count). The van der Waals surface area contributed by atoms with E-state index >= 15 is 0 Å². The van der Waals surface area contributed by atoms with E-state index in [1.807, 2.05) is 26.0 Å². The van der Waals surface area contributed by atoms with E-state index in [2.05, 4.69) is 18.8 Å². The summed E-state index contributed by atoms with van der Waals surface area (Å²) in [5.41, 5.74) is 0.608. The number of H-pyrrole nitrogens is 1. The van der Waals surface area contributed by atoms with Crippen LogP contribution in [0, 0.1) is 0 Å². The van der Waals surface area contributed by atoms with Crippen LogP contribution in [0.3, 0.4) is 0 Å². The van der Waals surface area contributed by atoms with Gasteiger partial charge in [0.15, 0.2) is 0 Å². The van der Waals surface area contributed by atoms with Crippen molar-refractivity contribution < 1.29 is 19.4 Å². The van der Waals surface area contributed by atoms with Crippen LogP contribution in [-0.4, -0.2) is 34.9 Å². The Morgan fingerprint density at radius 1 is 1.16 bits per heavy atom. The third-order valence-electron chi connectivity index (χ3n) is 2.86. The van der Waals surface area contributed by atoms with Crippen LogP contribution in [0.5, 0.6) is 5.75 Å². The number of nitrogens with one attached hydrogen (secondary N) is 1. The summed E-state index contributed by atoms with van der Waals surface area (Å²) >= 11 is 0. The Hall–Kier alpha value is -2.01. The highest BCUT2D eigenvalue weighted by molar-refractivity contribution is 5.95. The fourth-order valence-corrected chi connectivity index (χ4v) is 1.84. The maximum absolute atomic E-state index is 11.7. The highest BCUT2D eigenvalue weighted by Gasteiger charge is 2.18. The van der Waals surface area contributed by atoms with Gasteiger partial charge in [0, 0.05) is 10.9 Å². The summed E-state index contributed by atoms with van der Waals surface area (Å²) < 4.78 is 10.6. The molecule has 0 saturated heterocycles. The average molecular weight is 351 g/mol. The highest BCUT2D eigenvalue weighted by atomic mass is 16.5. The van der Waals surface area contributed by atoms with Gasteiger partial charge in [-0.2, -0.15) is 0 Å². The molecule has 0 amide bonds.